The number of rotatable bonds is 2. The molecule has 1 amide bonds. The standard InChI is InChI=1S/C16H21FINO3/c1-16(2,3)22-15(20)19-9-8-14(13(17)10-19)21-12-6-4-11(18)5-7-12/h4-7,13-14H,8-10H2,1-3H3/t13-,14+/m0/s1. The molecular weight excluding hydrogens is 400 g/mol. The van der Waals surface area contributed by atoms with E-state index in [0.29, 0.717) is 18.7 Å². The van der Waals surface area contributed by atoms with Gasteiger partial charge in [0.15, 0.2) is 6.17 Å². The lowest BCUT2D eigenvalue weighted by Crippen LogP contribution is -2.50. The van der Waals surface area contributed by atoms with Crippen LogP contribution in [0.1, 0.15) is 27.2 Å². The monoisotopic (exact) mass is 421 g/mol. The maximum atomic E-state index is 14.3. The molecule has 6 heteroatoms. The van der Waals surface area contributed by atoms with Gasteiger partial charge in [-0.3, -0.25) is 0 Å². The van der Waals surface area contributed by atoms with E-state index in [0.717, 1.165) is 3.57 Å². The lowest BCUT2D eigenvalue weighted by molar-refractivity contribution is -0.0105. The third kappa shape index (κ3) is 5.00. The Hall–Kier alpha value is -1.05. The molecule has 0 saturated carbocycles. The zero-order valence-electron chi connectivity index (χ0n) is 13.0. The second-order valence-corrected chi connectivity index (χ2v) is 7.59. The summed E-state index contributed by atoms with van der Waals surface area (Å²) in [4.78, 5) is 13.4. The molecule has 0 aromatic heterocycles. The number of likely N-dealkylation sites (tertiary alicyclic amines) is 1. The average molecular weight is 421 g/mol. The number of amides is 1. The number of carbonyl (C=O) groups is 1. The lowest BCUT2D eigenvalue weighted by Gasteiger charge is -2.35. The highest BCUT2D eigenvalue weighted by molar-refractivity contribution is 14.1. The third-order valence-electron chi connectivity index (χ3n) is 3.23. The molecule has 0 unspecified atom stereocenters. The van der Waals surface area contributed by atoms with Gasteiger partial charge in [-0.1, -0.05) is 0 Å². The molecule has 4 nitrogen and oxygen atoms in total. The molecule has 2 rings (SSSR count). The molecule has 0 radical (unpaired) electrons. The van der Waals surface area contributed by atoms with E-state index in [1.54, 1.807) is 20.8 Å². The van der Waals surface area contributed by atoms with Crippen molar-refractivity contribution in [1.29, 1.82) is 0 Å². The van der Waals surface area contributed by atoms with Crippen LogP contribution in [0.2, 0.25) is 0 Å². The zero-order chi connectivity index (χ0) is 16.3. The maximum absolute atomic E-state index is 14.3. The molecule has 1 aliphatic heterocycles. The first-order valence-electron chi connectivity index (χ1n) is 7.29. The van der Waals surface area contributed by atoms with Crippen molar-refractivity contribution in [3.05, 3.63) is 27.8 Å². The molecule has 0 bridgehead atoms. The number of benzene rings is 1. The molecule has 1 saturated heterocycles. The summed E-state index contributed by atoms with van der Waals surface area (Å²) in [6.45, 7) is 5.83. The quantitative estimate of drug-likeness (QED) is 0.678. The van der Waals surface area contributed by atoms with Gasteiger partial charge in [0.2, 0.25) is 0 Å². The van der Waals surface area contributed by atoms with Gasteiger partial charge < -0.3 is 14.4 Å². The number of alkyl halides is 1. The number of piperidine rings is 1. The number of halogens is 2. The molecule has 2 atom stereocenters. The molecule has 1 aliphatic rings. The number of ether oxygens (including phenoxy) is 2. The normalized spacial score (nSPS) is 22.3. The molecule has 1 fully saturated rings. The number of hydrogen-bond acceptors (Lipinski definition) is 3. The smallest absolute Gasteiger partial charge is 0.410 e. The van der Waals surface area contributed by atoms with E-state index >= 15 is 0 Å². The molecule has 0 aliphatic carbocycles. The summed E-state index contributed by atoms with van der Waals surface area (Å²) in [5.74, 6) is 0.652. The fraction of sp³-hybridized carbons (Fsp3) is 0.562. The van der Waals surface area contributed by atoms with Crippen LogP contribution in [0, 0.1) is 3.57 Å². The molecule has 0 N–H and O–H groups in total. The first kappa shape index (κ1) is 17.3. The Morgan fingerprint density at radius 2 is 1.95 bits per heavy atom. The summed E-state index contributed by atoms with van der Waals surface area (Å²) in [6, 6.07) is 7.49. The topological polar surface area (TPSA) is 38.8 Å². The van der Waals surface area contributed by atoms with Gasteiger partial charge in [0.05, 0.1) is 6.54 Å². The lowest BCUT2D eigenvalue weighted by atomic mass is 10.1. The minimum absolute atomic E-state index is 0.00392. The Morgan fingerprint density at radius 3 is 2.50 bits per heavy atom. The second kappa shape index (κ2) is 7.02. The van der Waals surface area contributed by atoms with Crippen molar-refractivity contribution in [3.63, 3.8) is 0 Å². The first-order chi connectivity index (χ1) is 10.2. The summed E-state index contributed by atoms with van der Waals surface area (Å²) in [5, 5.41) is 0. The highest BCUT2D eigenvalue weighted by atomic mass is 127. The molecule has 1 aromatic rings. The van der Waals surface area contributed by atoms with Crippen molar-refractivity contribution in [2.45, 2.75) is 45.1 Å². The van der Waals surface area contributed by atoms with E-state index in [2.05, 4.69) is 22.6 Å². The van der Waals surface area contributed by atoms with Gasteiger partial charge in [0, 0.05) is 16.5 Å². The zero-order valence-corrected chi connectivity index (χ0v) is 15.2. The van der Waals surface area contributed by atoms with Gasteiger partial charge in [-0.2, -0.15) is 0 Å². The Kier molecular flexibility index (Phi) is 5.52. The molecule has 1 aromatic carbocycles. The fourth-order valence-corrected chi connectivity index (χ4v) is 2.56. The van der Waals surface area contributed by atoms with Crippen molar-refractivity contribution in [2.24, 2.45) is 0 Å². The average Bonchev–Trinajstić information content (AvgIpc) is 2.41. The van der Waals surface area contributed by atoms with Crippen molar-refractivity contribution in [3.8, 4) is 5.75 Å². The summed E-state index contributed by atoms with van der Waals surface area (Å²) in [7, 11) is 0. The first-order valence-corrected chi connectivity index (χ1v) is 8.37. The highest BCUT2D eigenvalue weighted by Gasteiger charge is 2.34. The van der Waals surface area contributed by atoms with Crippen LogP contribution in [-0.4, -0.2) is 42.0 Å². The number of carbonyl (C=O) groups excluding carboxylic acids is 1. The Balaban J connectivity index is 1.90. The highest BCUT2D eigenvalue weighted by Crippen LogP contribution is 2.23. The minimum Gasteiger partial charge on any atom is -0.487 e. The van der Waals surface area contributed by atoms with E-state index in [1.807, 2.05) is 24.3 Å². The maximum Gasteiger partial charge on any atom is 0.410 e. The third-order valence-corrected chi connectivity index (χ3v) is 3.95. The van der Waals surface area contributed by atoms with Crippen LogP contribution in [0.5, 0.6) is 5.75 Å². The van der Waals surface area contributed by atoms with Crippen molar-refractivity contribution in [2.75, 3.05) is 13.1 Å². The molecule has 0 spiro atoms. The van der Waals surface area contributed by atoms with Crippen molar-refractivity contribution in [1.82, 2.24) is 4.90 Å². The van der Waals surface area contributed by atoms with Crippen LogP contribution in [0.15, 0.2) is 24.3 Å². The SMILES string of the molecule is CC(C)(C)OC(=O)N1CC[C@@H](Oc2ccc(I)cc2)[C@@H](F)C1. The Morgan fingerprint density at radius 1 is 1.32 bits per heavy atom. The molecular formula is C16H21FINO3. The van der Waals surface area contributed by atoms with Crippen LogP contribution in [0.4, 0.5) is 9.18 Å². The van der Waals surface area contributed by atoms with Crippen molar-refractivity contribution < 1.29 is 18.7 Å². The second-order valence-electron chi connectivity index (χ2n) is 6.34. The van der Waals surface area contributed by atoms with E-state index in [9.17, 15) is 9.18 Å². The van der Waals surface area contributed by atoms with Gasteiger partial charge in [-0.25, -0.2) is 9.18 Å². The van der Waals surface area contributed by atoms with E-state index in [1.165, 1.54) is 4.90 Å². The van der Waals surface area contributed by atoms with Gasteiger partial charge >= 0.3 is 6.09 Å². The van der Waals surface area contributed by atoms with E-state index < -0.39 is 24.0 Å². The summed E-state index contributed by atoms with van der Waals surface area (Å²) in [6.07, 6.45) is -1.77. The van der Waals surface area contributed by atoms with Gasteiger partial charge in [-0.05, 0) is 67.6 Å². The predicted molar refractivity (Wildman–Crippen MR) is 90.9 cm³/mol. The predicted octanol–water partition coefficient (Wildman–Crippen LogP) is 4.02. The molecule has 22 heavy (non-hydrogen) atoms. The fourth-order valence-electron chi connectivity index (χ4n) is 2.20. The molecule has 122 valence electrons. The summed E-state index contributed by atoms with van der Waals surface area (Å²) < 4.78 is 26.3. The largest absolute Gasteiger partial charge is 0.487 e. The van der Waals surface area contributed by atoms with Crippen LogP contribution < -0.4 is 4.74 Å². The minimum atomic E-state index is -1.22. The van der Waals surface area contributed by atoms with Crippen LogP contribution in [0.25, 0.3) is 0 Å². The Bertz CT molecular complexity index is 515. The number of nitrogens with zero attached hydrogens (tertiary/aromatic N) is 1. The van der Waals surface area contributed by atoms with Gasteiger partial charge in [0.1, 0.15) is 17.5 Å². The van der Waals surface area contributed by atoms with Gasteiger partial charge in [-0.15, -0.1) is 0 Å². The van der Waals surface area contributed by atoms with Crippen molar-refractivity contribution >= 4 is 28.7 Å². The van der Waals surface area contributed by atoms with Crippen LogP contribution in [-0.2, 0) is 4.74 Å². The van der Waals surface area contributed by atoms with E-state index in [-0.39, 0.29) is 6.54 Å². The molecule has 1 heterocycles. The Labute approximate surface area is 144 Å². The van der Waals surface area contributed by atoms with Crippen LogP contribution >= 0.6 is 22.6 Å². The number of hydrogen-bond donors (Lipinski definition) is 0. The van der Waals surface area contributed by atoms with Gasteiger partial charge in [0.25, 0.3) is 0 Å². The van der Waals surface area contributed by atoms with E-state index in [4.69, 9.17) is 9.47 Å². The van der Waals surface area contributed by atoms with Crippen LogP contribution in [0.3, 0.4) is 0 Å². The summed E-state index contributed by atoms with van der Waals surface area (Å²) >= 11 is 2.20. The summed E-state index contributed by atoms with van der Waals surface area (Å²) in [5.41, 5.74) is -0.572.